The quantitative estimate of drug-likeness (QED) is 0.387. The molecule has 34 heavy (non-hydrogen) atoms. The summed E-state index contributed by atoms with van der Waals surface area (Å²) in [6.45, 7) is 3.28. The molecule has 0 saturated carbocycles. The smallest absolute Gasteiger partial charge is 0.325 e. The lowest BCUT2D eigenvalue weighted by Gasteiger charge is -2.13. The van der Waals surface area contributed by atoms with Gasteiger partial charge in [0.05, 0.1) is 22.8 Å². The fraction of sp³-hybridized carbons (Fsp3) is 0.200. The topological polar surface area (TPSA) is 112 Å². The van der Waals surface area contributed by atoms with Crippen molar-refractivity contribution < 1.29 is 14.4 Å². The van der Waals surface area contributed by atoms with Crippen LogP contribution in [0.4, 0.5) is 10.5 Å². The number of aromatic nitrogens is 3. The molecule has 0 radical (unpaired) electrons. The first-order chi connectivity index (χ1) is 16.4. The monoisotopic (exact) mass is 456 g/mol. The number of fused-ring (bicyclic) bond motifs is 1. The summed E-state index contributed by atoms with van der Waals surface area (Å²) in [5, 5.41) is 11.0. The summed E-state index contributed by atoms with van der Waals surface area (Å²) in [6.07, 6.45) is 2.18. The number of carbonyl (C=O) groups is 3. The zero-order valence-corrected chi connectivity index (χ0v) is 18.8. The minimum Gasteiger partial charge on any atom is -0.361 e. The molecule has 1 fully saturated rings. The molecule has 1 atom stereocenters. The number of imide groups is 1. The summed E-state index contributed by atoms with van der Waals surface area (Å²) < 4.78 is 1.75. The molecule has 4 aromatic rings. The number of nitrogens with one attached hydrogen (secondary N) is 3. The average Bonchev–Trinajstić information content (AvgIpc) is 3.46. The zero-order valence-electron chi connectivity index (χ0n) is 18.8. The summed E-state index contributed by atoms with van der Waals surface area (Å²) >= 11 is 0. The molecule has 5 rings (SSSR count). The number of amides is 4. The Morgan fingerprint density at radius 2 is 1.79 bits per heavy atom. The van der Waals surface area contributed by atoms with E-state index in [1.807, 2.05) is 67.7 Å². The number of rotatable bonds is 6. The predicted octanol–water partition coefficient (Wildman–Crippen LogP) is 3.07. The van der Waals surface area contributed by atoms with Gasteiger partial charge in [-0.2, -0.15) is 5.10 Å². The van der Waals surface area contributed by atoms with E-state index in [1.54, 1.807) is 11.6 Å². The Bertz CT molecular complexity index is 1400. The number of hydrogen-bond donors (Lipinski definition) is 3. The zero-order chi connectivity index (χ0) is 23.8. The van der Waals surface area contributed by atoms with Gasteiger partial charge >= 0.3 is 6.03 Å². The van der Waals surface area contributed by atoms with Crippen molar-refractivity contribution in [1.82, 2.24) is 25.0 Å². The average molecular weight is 457 g/mol. The number of hydrogen-bond acceptors (Lipinski definition) is 4. The molecule has 3 heterocycles. The van der Waals surface area contributed by atoms with Crippen molar-refractivity contribution in [3.05, 3.63) is 77.7 Å². The normalized spacial score (nSPS) is 15.7. The van der Waals surface area contributed by atoms with Crippen molar-refractivity contribution in [1.29, 1.82) is 0 Å². The molecule has 1 aliphatic heterocycles. The Kier molecular flexibility index (Phi) is 5.37. The highest BCUT2D eigenvalue weighted by Crippen LogP contribution is 2.24. The van der Waals surface area contributed by atoms with E-state index in [0.29, 0.717) is 17.8 Å². The van der Waals surface area contributed by atoms with Crippen LogP contribution in [-0.2, 0) is 16.0 Å². The van der Waals surface area contributed by atoms with Gasteiger partial charge in [0.1, 0.15) is 12.6 Å². The van der Waals surface area contributed by atoms with Crippen LogP contribution in [0, 0.1) is 13.8 Å². The Hall–Kier alpha value is -4.40. The fourth-order valence-electron chi connectivity index (χ4n) is 4.35. The minimum absolute atomic E-state index is 0.342. The van der Waals surface area contributed by atoms with E-state index >= 15 is 0 Å². The first-order valence-corrected chi connectivity index (χ1v) is 11.0. The molecule has 0 bridgehead atoms. The third kappa shape index (κ3) is 3.81. The molecule has 1 aliphatic rings. The summed E-state index contributed by atoms with van der Waals surface area (Å²) in [5.74, 6) is -0.881. The van der Waals surface area contributed by atoms with Crippen LogP contribution < -0.4 is 10.6 Å². The Morgan fingerprint density at radius 1 is 1.06 bits per heavy atom. The van der Waals surface area contributed by atoms with Gasteiger partial charge in [-0.25, -0.2) is 9.48 Å². The second-order valence-electron chi connectivity index (χ2n) is 8.33. The van der Waals surface area contributed by atoms with Crippen molar-refractivity contribution in [2.45, 2.75) is 26.3 Å². The number of nitrogens with zero attached hydrogens (tertiary/aromatic N) is 3. The standard InChI is InChI=1S/C25H24N6O3/c1-15-23(16(2)31(29-15)18-8-4-3-5-9-18)28-22(32)14-30-24(33)21(27-25(30)34)12-17-13-26-20-11-7-6-10-19(17)20/h3-11,13,21,26H,12,14H2,1-2H3,(H,27,34)(H,28,32). The molecule has 172 valence electrons. The number of benzene rings is 2. The van der Waals surface area contributed by atoms with Crippen molar-refractivity contribution in [3.63, 3.8) is 0 Å². The minimum atomic E-state index is -0.719. The van der Waals surface area contributed by atoms with E-state index in [9.17, 15) is 14.4 Å². The van der Waals surface area contributed by atoms with Crippen molar-refractivity contribution in [3.8, 4) is 5.69 Å². The molecule has 2 aromatic carbocycles. The molecule has 2 aromatic heterocycles. The Morgan fingerprint density at radius 3 is 2.59 bits per heavy atom. The lowest BCUT2D eigenvalue weighted by Crippen LogP contribution is -2.38. The van der Waals surface area contributed by atoms with Crippen LogP contribution in [0.2, 0.25) is 0 Å². The molecule has 1 saturated heterocycles. The third-order valence-electron chi connectivity index (χ3n) is 6.06. The van der Waals surface area contributed by atoms with Crippen LogP contribution in [0.3, 0.4) is 0 Å². The van der Waals surface area contributed by atoms with Crippen LogP contribution >= 0.6 is 0 Å². The molecule has 0 aliphatic carbocycles. The molecule has 9 nitrogen and oxygen atoms in total. The number of aryl methyl sites for hydroxylation is 1. The van der Waals surface area contributed by atoms with Gasteiger partial charge < -0.3 is 15.6 Å². The summed E-state index contributed by atoms with van der Waals surface area (Å²) in [6, 6.07) is 16.1. The Labute approximate surface area is 195 Å². The first-order valence-electron chi connectivity index (χ1n) is 11.0. The van der Waals surface area contributed by atoms with E-state index in [-0.39, 0.29) is 6.54 Å². The maximum Gasteiger partial charge on any atom is 0.325 e. The Balaban J connectivity index is 1.28. The molecule has 4 amide bonds. The van der Waals surface area contributed by atoms with E-state index in [1.165, 1.54) is 0 Å². The summed E-state index contributed by atoms with van der Waals surface area (Å²) in [4.78, 5) is 42.3. The van der Waals surface area contributed by atoms with Gasteiger partial charge in [0.25, 0.3) is 5.91 Å². The molecule has 9 heteroatoms. The molecule has 1 unspecified atom stereocenters. The number of H-pyrrole nitrogens is 1. The SMILES string of the molecule is Cc1nn(-c2ccccc2)c(C)c1NC(=O)CN1C(=O)NC(Cc2c[nH]c3ccccc23)C1=O. The van der Waals surface area contributed by atoms with Gasteiger partial charge in [-0.3, -0.25) is 14.5 Å². The summed E-state index contributed by atoms with van der Waals surface area (Å²) in [5.41, 5.74) is 4.73. The van der Waals surface area contributed by atoms with E-state index in [0.717, 1.165) is 32.7 Å². The van der Waals surface area contributed by atoms with Crippen molar-refractivity contribution in [2.24, 2.45) is 0 Å². The molecular weight excluding hydrogens is 432 g/mol. The van der Waals surface area contributed by atoms with Crippen molar-refractivity contribution >= 4 is 34.4 Å². The van der Waals surface area contributed by atoms with Gasteiger partial charge in [0.15, 0.2) is 0 Å². The molecular formula is C25H24N6O3. The lowest BCUT2D eigenvalue weighted by molar-refractivity contribution is -0.130. The number of para-hydroxylation sites is 2. The maximum atomic E-state index is 12.9. The first kappa shape index (κ1) is 21.4. The van der Waals surface area contributed by atoms with Crippen LogP contribution in [0.15, 0.2) is 60.8 Å². The van der Waals surface area contributed by atoms with Crippen LogP contribution in [0.25, 0.3) is 16.6 Å². The van der Waals surface area contributed by atoms with Gasteiger partial charge in [0.2, 0.25) is 5.91 Å². The summed E-state index contributed by atoms with van der Waals surface area (Å²) in [7, 11) is 0. The van der Waals surface area contributed by atoms with Crippen LogP contribution in [0.5, 0.6) is 0 Å². The molecule has 3 N–H and O–H groups in total. The van der Waals surface area contributed by atoms with Crippen molar-refractivity contribution in [2.75, 3.05) is 11.9 Å². The third-order valence-corrected chi connectivity index (χ3v) is 6.06. The fourth-order valence-corrected chi connectivity index (χ4v) is 4.35. The maximum absolute atomic E-state index is 12.9. The largest absolute Gasteiger partial charge is 0.361 e. The number of anilines is 1. The molecule has 0 spiro atoms. The van der Waals surface area contributed by atoms with Gasteiger partial charge in [-0.15, -0.1) is 0 Å². The number of aromatic amines is 1. The highest BCUT2D eigenvalue weighted by atomic mass is 16.2. The van der Waals surface area contributed by atoms with E-state index in [4.69, 9.17) is 0 Å². The predicted molar refractivity (Wildman–Crippen MR) is 128 cm³/mol. The second-order valence-corrected chi connectivity index (χ2v) is 8.33. The highest BCUT2D eigenvalue weighted by molar-refractivity contribution is 6.08. The van der Waals surface area contributed by atoms with E-state index < -0.39 is 23.9 Å². The van der Waals surface area contributed by atoms with E-state index in [2.05, 4.69) is 20.7 Å². The number of urea groups is 1. The highest BCUT2D eigenvalue weighted by Gasteiger charge is 2.39. The second kappa shape index (κ2) is 8.51. The van der Waals surface area contributed by atoms with Crippen LogP contribution in [-0.4, -0.2) is 50.1 Å². The van der Waals surface area contributed by atoms with Crippen LogP contribution in [0.1, 0.15) is 17.0 Å². The van der Waals surface area contributed by atoms with Gasteiger partial charge in [-0.05, 0) is 37.6 Å². The van der Waals surface area contributed by atoms with Gasteiger partial charge in [-0.1, -0.05) is 36.4 Å². The number of carbonyl (C=O) groups excluding carboxylic acids is 3. The lowest BCUT2D eigenvalue weighted by atomic mass is 10.1. The van der Waals surface area contributed by atoms with Gasteiger partial charge in [0, 0.05) is 23.5 Å².